The number of carbonyl (C=O) groups excluding carboxylic acids is 1. The fraction of sp³-hybridized carbons (Fsp3) is 0.269. The van der Waals surface area contributed by atoms with E-state index in [4.69, 9.17) is 14.8 Å². The lowest BCUT2D eigenvalue weighted by Crippen LogP contribution is -2.31. The van der Waals surface area contributed by atoms with Gasteiger partial charge in [0.05, 0.1) is 34.1 Å². The van der Waals surface area contributed by atoms with Gasteiger partial charge in [0, 0.05) is 17.5 Å². The molecule has 8 heteroatoms. The molecular formula is C26H24FN3O3S. The Morgan fingerprint density at radius 2 is 1.97 bits per heavy atom. The second-order valence-electron chi connectivity index (χ2n) is 8.67. The molecule has 0 radical (unpaired) electrons. The van der Waals surface area contributed by atoms with Gasteiger partial charge in [-0.1, -0.05) is 43.4 Å². The maximum Gasteiger partial charge on any atom is 0.309 e. The molecule has 1 fully saturated rings. The van der Waals surface area contributed by atoms with Crippen molar-refractivity contribution in [3.05, 3.63) is 71.7 Å². The van der Waals surface area contributed by atoms with Crippen molar-refractivity contribution in [2.24, 2.45) is 0 Å². The van der Waals surface area contributed by atoms with Crippen LogP contribution in [-0.4, -0.2) is 38.0 Å². The van der Waals surface area contributed by atoms with E-state index in [0.29, 0.717) is 11.6 Å². The lowest BCUT2D eigenvalue weighted by atomic mass is 9.98. The monoisotopic (exact) mass is 477 g/mol. The topological polar surface area (TPSA) is 77.2 Å². The van der Waals surface area contributed by atoms with Crippen molar-refractivity contribution < 1.29 is 19.0 Å². The first-order chi connectivity index (χ1) is 16.4. The van der Waals surface area contributed by atoms with E-state index < -0.39 is 18.2 Å². The summed E-state index contributed by atoms with van der Waals surface area (Å²) in [7, 11) is 0. The average Bonchev–Trinajstić information content (AvgIpc) is 3.39. The number of aromatic nitrogens is 3. The number of thiazole rings is 1. The molecule has 0 amide bonds. The maximum absolute atomic E-state index is 13.7. The predicted octanol–water partition coefficient (Wildman–Crippen LogP) is 5.49. The van der Waals surface area contributed by atoms with Gasteiger partial charge in [0.1, 0.15) is 11.9 Å². The number of carbonyl (C=O) groups is 1. The largest absolute Gasteiger partial charge is 0.458 e. The first-order valence-corrected chi connectivity index (χ1v) is 12.0. The Labute approximate surface area is 200 Å². The van der Waals surface area contributed by atoms with E-state index in [1.54, 1.807) is 18.2 Å². The Balaban J connectivity index is 1.68. The molecule has 2 unspecified atom stereocenters. The molecule has 3 heterocycles. The minimum atomic E-state index is -0.720. The van der Waals surface area contributed by atoms with Gasteiger partial charge in [0.25, 0.3) is 0 Å². The molecule has 5 rings (SSSR count). The Morgan fingerprint density at radius 1 is 1.21 bits per heavy atom. The van der Waals surface area contributed by atoms with Gasteiger partial charge in [-0.15, -0.1) is 0 Å². The first kappa shape index (κ1) is 22.4. The fourth-order valence-corrected chi connectivity index (χ4v) is 5.07. The summed E-state index contributed by atoms with van der Waals surface area (Å²) >= 11 is 1.53. The van der Waals surface area contributed by atoms with Gasteiger partial charge in [-0.05, 0) is 48.4 Å². The third-order valence-corrected chi connectivity index (χ3v) is 6.76. The number of rotatable bonds is 5. The minimum absolute atomic E-state index is 0.0119. The standard InChI is InChI=1S/C26H24FN3O3S/c1-15(2)24-20(12-11-19-13-18(31)14-23(32)33-19)25(16-7-9-17(27)10-8-16)30(29-24)26-28-21-5-3-4-6-22(21)34-26/h3-12,15,18-19,31H,13-14H2,1-2H3. The molecule has 6 nitrogen and oxygen atoms in total. The molecule has 0 bridgehead atoms. The van der Waals surface area contributed by atoms with Crippen LogP contribution < -0.4 is 0 Å². The molecule has 1 aliphatic heterocycles. The van der Waals surface area contributed by atoms with E-state index >= 15 is 0 Å². The van der Waals surface area contributed by atoms with E-state index in [1.807, 2.05) is 35.0 Å². The number of aliphatic hydroxyl groups is 1. The molecule has 2 aromatic heterocycles. The van der Waals surface area contributed by atoms with Crippen molar-refractivity contribution in [2.45, 2.75) is 44.8 Å². The summed E-state index contributed by atoms with van der Waals surface area (Å²) in [5.74, 6) is -0.644. The van der Waals surface area contributed by atoms with Crippen molar-refractivity contribution in [2.75, 3.05) is 0 Å². The summed E-state index contributed by atoms with van der Waals surface area (Å²) in [6, 6.07) is 14.2. The van der Waals surface area contributed by atoms with Crippen LogP contribution in [0.25, 0.3) is 32.7 Å². The number of benzene rings is 2. The van der Waals surface area contributed by atoms with E-state index in [-0.39, 0.29) is 18.2 Å². The molecule has 2 atom stereocenters. The van der Waals surface area contributed by atoms with Gasteiger partial charge in [0.15, 0.2) is 0 Å². The van der Waals surface area contributed by atoms with E-state index in [0.717, 1.165) is 32.7 Å². The average molecular weight is 478 g/mol. The predicted molar refractivity (Wildman–Crippen MR) is 130 cm³/mol. The molecule has 1 aliphatic rings. The van der Waals surface area contributed by atoms with Crippen molar-refractivity contribution in [3.8, 4) is 16.4 Å². The second-order valence-corrected chi connectivity index (χ2v) is 9.68. The molecule has 0 saturated carbocycles. The minimum Gasteiger partial charge on any atom is -0.458 e. The highest BCUT2D eigenvalue weighted by molar-refractivity contribution is 7.20. The van der Waals surface area contributed by atoms with E-state index in [2.05, 4.69) is 13.8 Å². The number of para-hydroxylation sites is 1. The number of fused-ring (bicyclic) bond motifs is 1. The van der Waals surface area contributed by atoms with Gasteiger partial charge in [-0.2, -0.15) is 5.10 Å². The number of halogens is 1. The summed E-state index contributed by atoms with van der Waals surface area (Å²) in [6.07, 6.45) is 2.79. The molecule has 4 aromatic rings. The number of hydrogen-bond acceptors (Lipinski definition) is 6. The molecule has 0 spiro atoms. The van der Waals surface area contributed by atoms with Crippen molar-refractivity contribution in [1.29, 1.82) is 0 Å². The highest BCUT2D eigenvalue weighted by atomic mass is 32.1. The van der Waals surface area contributed by atoms with Gasteiger partial charge in [-0.25, -0.2) is 14.1 Å². The summed E-state index contributed by atoms with van der Waals surface area (Å²) < 4.78 is 22.0. The Bertz CT molecular complexity index is 1340. The maximum atomic E-state index is 13.7. The third kappa shape index (κ3) is 4.38. The van der Waals surface area contributed by atoms with E-state index in [1.165, 1.54) is 23.5 Å². The Morgan fingerprint density at radius 3 is 2.68 bits per heavy atom. The highest BCUT2D eigenvalue weighted by Gasteiger charge is 2.27. The summed E-state index contributed by atoms with van der Waals surface area (Å²) in [5.41, 5.74) is 4.14. The molecule has 174 valence electrons. The summed E-state index contributed by atoms with van der Waals surface area (Å²) in [5, 5.41) is 15.6. The van der Waals surface area contributed by atoms with Crippen LogP contribution in [-0.2, 0) is 9.53 Å². The number of cyclic esters (lactones) is 1. The van der Waals surface area contributed by atoms with Crippen LogP contribution in [0.4, 0.5) is 4.39 Å². The quantitative estimate of drug-likeness (QED) is 0.385. The number of aliphatic hydroxyl groups excluding tert-OH is 1. The lowest BCUT2D eigenvalue weighted by molar-refractivity contribution is -0.156. The van der Waals surface area contributed by atoms with E-state index in [9.17, 15) is 14.3 Å². The van der Waals surface area contributed by atoms with Crippen LogP contribution in [0.5, 0.6) is 0 Å². The van der Waals surface area contributed by atoms with Crippen LogP contribution in [0, 0.1) is 5.82 Å². The molecule has 1 saturated heterocycles. The smallest absolute Gasteiger partial charge is 0.309 e. The highest BCUT2D eigenvalue weighted by Crippen LogP contribution is 2.36. The van der Waals surface area contributed by atoms with Crippen LogP contribution in [0.2, 0.25) is 0 Å². The van der Waals surface area contributed by atoms with Crippen molar-refractivity contribution >= 4 is 33.6 Å². The van der Waals surface area contributed by atoms with Gasteiger partial charge >= 0.3 is 5.97 Å². The van der Waals surface area contributed by atoms with Crippen molar-refractivity contribution in [1.82, 2.24) is 14.8 Å². The molecular weight excluding hydrogens is 453 g/mol. The Hall–Kier alpha value is -3.36. The SMILES string of the molecule is CC(C)c1nn(-c2nc3ccccc3s2)c(-c2ccc(F)cc2)c1C=CC1CC(O)CC(=O)O1. The molecule has 34 heavy (non-hydrogen) atoms. The molecule has 2 aromatic carbocycles. The second kappa shape index (κ2) is 9.12. The first-order valence-electron chi connectivity index (χ1n) is 11.2. The number of hydrogen-bond donors (Lipinski definition) is 1. The summed E-state index contributed by atoms with van der Waals surface area (Å²) in [4.78, 5) is 16.6. The Kier molecular flexibility index (Phi) is 6.02. The number of nitrogens with zero attached hydrogens (tertiary/aromatic N) is 3. The van der Waals surface area contributed by atoms with Gasteiger partial charge in [0.2, 0.25) is 5.13 Å². The zero-order chi connectivity index (χ0) is 23.8. The van der Waals surface area contributed by atoms with Gasteiger partial charge in [-0.3, -0.25) is 4.79 Å². The van der Waals surface area contributed by atoms with Gasteiger partial charge < -0.3 is 9.84 Å². The van der Waals surface area contributed by atoms with Crippen molar-refractivity contribution in [3.63, 3.8) is 0 Å². The molecule has 0 aliphatic carbocycles. The summed E-state index contributed by atoms with van der Waals surface area (Å²) in [6.45, 7) is 4.11. The van der Waals surface area contributed by atoms with Crippen LogP contribution in [0.15, 0.2) is 54.6 Å². The number of esters is 1. The van der Waals surface area contributed by atoms with Crippen LogP contribution >= 0.6 is 11.3 Å². The number of ether oxygens (including phenoxy) is 1. The normalized spacial score (nSPS) is 18.8. The third-order valence-electron chi connectivity index (χ3n) is 5.75. The lowest BCUT2D eigenvalue weighted by Gasteiger charge is -2.23. The zero-order valence-electron chi connectivity index (χ0n) is 18.8. The van der Waals surface area contributed by atoms with Crippen LogP contribution in [0.3, 0.4) is 0 Å². The zero-order valence-corrected chi connectivity index (χ0v) is 19.6. The van der Waals surface area contributed by atoms with Crippen LogP contribution in [0.1, 0.15) is 43.9 Å². The molecule has 1 N–H and O–H groups in total. The fourth-order valence-electron chi connectivity index (χ4n) is 4.14.